The first-order valence-electron chi connectivity index (χ1n) is 4.51. The SMILES string of the molecule is C[CH2][Ir](=[C]=O)(=[C]=O)([CH2]C)[C]1=CC=CC1. The van der Waals surface area contributed by atoms with E-state index in [4.69, 9.17) is 0 Å². The molecule has 0 saturated carbocycles. The molecule has 0 aliphatic heterocycles. The van der Waals surface area contributed by atoms with Crippen LogP contribution in [0.3, 0.4) is 0 Å². The molecule has 0 heterocycles. The number of hydrogen-bond acceptors (Lipinski definition) is 2. The first-order valence-corrected chi connectivity index (χ1v) is 11.5. The van der Waals surface area contributed by atoms with E-state index in [2.05, 4.69) is 8.79 Å². The molecule has 0 aromatic heterocycles. The summed E-state index contributed by atoms with van der Waals surface area (Å²) in [4.78, 5) is 23.8. The van der Waals surface area contributed by atoms with Gasteiger partial charge in [-0.25, -0.2) is 0 Å². The van der Waals surface area contributed by atoms with Crippen LogP contribution in [-0.4, -0.2) is 8.79 Å². The summed E-state index contributed by atoms with van der Waals surface area (Å²) in [5.41, 5.74) is 0. The third-order valence-electron chi connectivity index (χ3n) is 2.60. The van der Waals surface area contributed by atoms with Crippen molar-refractivity contribution in [2.45, 2.75) is 30.1 Å². The summed E-state index contributed by atoms with van der Waals surface area (Å²) in [6.45, 7) is 3.82. The van der Waals surface area contributed by atoms with E-state index in [9.17, 15) is 9.59 Å². The van der Waals surface area contributed by atoms with E-state index < -0.39 is 13.2 Å². The fourth-order valence-corrected chi connectivity index (χ4v) is 9.61. The quantitative estimate of drug-likeness (QED) is 0.764. The van der Waals surface area contributed by atoms with Crippen LogP contribution in [-0.2, 0) is 22.8 Å². The molecule has 0 fully saturated rings. The van der Waals surface area contributed by atoms with Crippen molar-refractivity contribution < 1.29 is 22.8 Å². The molecule has 1 aliphatic rings. The minimum atomic E-state index is -3.84. The fourth-order valence-electron chi connectivity index (χ4n) is 1.47. The Kier molecular flexibility index (Phi) is 3.09. The summed E-state index contributed by atoms with van der Waals surface area (Å²) in [7, 11) is 0. The van der Waals surface area contributed by atoms with E-state index in [0.29, 0.717) is 9.87 Å². The Morgan fingerprint density at radius 2 is 1.86 bits per heavy atom. The van der Waals surface area contributed by atoms with Crippen molar-refractivity contribution in [1.82, 2.24) is 0 Å². The van der Waals surface area contributed by atoms with Gasteiger partial charge in [-0.15, -0.1) is 0 Å². The van der Waals surface area contributed by atoms with E-state index in [1.54, 1.807) is 0 Å². The molecule has 80 valence electrons. The zero-order valence-electron chi connectivity index (χ0n) is 8.50. The van der Waals surface area contributed by atoms with Gasteiger partial charge in [-0.2, -0.15) is 0 Å². The van der Waals surface area contributed by atoms with Gasteiger partial charge in [-0.05, 0) is 0 Å². The number of rotatable bonds is 3. The monoisotopic (exact) mass is 372 g/mol. The van der Waals surface area contributed by atoms with Gasteiger partial charge in [0.25, 0.3) is 0 Å². The predicted octanol–water partition coefficient (Wildman–Crippen LogP) is 2.53. The van der Waals surface area contributed by atoms with E-state index >= 15 is 0 Å². The molecule has 0 radical (unpaired) electrons. The zero-order valence-corrected chi connectivity index (χ0v) is 10.9. The molecule has 0 atom stereocenters. The summed E-state index contributed by atoms with van der Waals surface area (Å²) in [5.74, 6) is 0. The second-order valence-electron chi connectivity index (χ2n) is 2.95. The molecule has 0 bridgehead atoms. The molecule has 0 aromatic carbocycles. The van der Waals surface area contributed by atoms with Crippen molar-refractivity contribution in [1.29, 1.82) is 0 Å². The fraction of sp³-hybridized carbons (Fsp3) is 0.455. The van der Waals surface area contributed by atoms with Gasteiger partial charge in [0, 0.05) is 0 Å². The molecular formula is C11H15IrO2. The minimum absolute atomic E-state index is 0.619. The molecule has 1 rings (SSSR count). The molecule has 3 heteroatoms. The van der Waals surface area contributed by atoms with Crippen LogP contribution in [0, 0.1) is 0 Å². The van der Waals surface area contributed by atoms with Gasteiger partial charge >= 0.3 is 84.0 Å². The Morgan fingerprint density at radius 3 is 2.14 bits per heavy atom. The van der Waals surface area contributed by atoms with Crippen molar-refractivity contribution in [2.24, 2.45) is 0 Å². The molecule has 0 spiro atoms. The molecule has 0 saturated heterocycles. The molecule has 0 unspecified atom stereocenters. The van der Waals surface area contributed by atoms with E-state index in [-0.39, 0.29) is 0 Å². The second-order valence-corrected chi connectivity index (χ2v) is 16.9. The molecule has 0 aromatic rings. The number of allylic oxidation sites excluding steroid dienone is 4. The molecule has 0 N–H and O–H groups in total. The maximum absolute atomic E-state index is 11.3. The molecule has 14 heavy (non-hydrogen) atoms. The maximum atomic E-state index is 11.3. The third-order valence-corrected chi connectivity index (χ3v) is 17.0. The van der Waals surface area contributed by atoms with Gasteiger partial charge in [0.15, 0.2) is 0 Å². The van der Waals surface area contributed by atoms with Crippen molar-refractivity contribution in [2.75, 3.05) is 0 Å². The molecule has 1 aliphatic carbocycles. The summed E-state index contributed by atoms with van der Waals surface area (Å²) in [5, 5.41) is 0. The van der Waals surface area contributed by atoms with Gasteiger partial charge in [-0.3, -0.25) is 0 Å². The zero-order chi connectivity index (χ0) is 10.7. The summed E-state index contributed by atoms with van der Waals surface area (Å²) in [6, 6.07) is 0. The van der Waals surface area contributed by atoms with Crippen LogP contribution in [0.4, 0.5) is 0 Å². The topological polar surface area (TPSA) is 34.1 Å². The van der Waals surface area contributed by atoms with Crippen LogP contribution in [0.1, 0.15) is 20.3 Å². The number of hydrogen-bond donors (Lipinski definition) is 0. The average Bonchev–Trinajstić information content (AvgIpc) is 2.78. The first kappa shape index (κ1) is 11.4. The van der Waals surface area contributed by atoms with Crippen LogP contribution >= 0.6 is 0 Å². The van der Waals surface area contributed by atoms with Crippen LogP contribution in [0.25, 0.3) is 0 Å². The van der Waals surface area contributed by atoms with E-state index in [1.807, 2.05) is 32.1 Å². The van der Waals surface area contributed by atoms with Gasteiger partial charge < -0.3 is 0 Å². The van der Waals surface area contributed by atoms with Crippen molar-refractivity contribution in [3.63, 3.8) is 0 Å². The van der Waals surface area contributed by atoms with Gasteiger partial charge in [0.05, 0.1) is 0 Å². The van der Waals surface area contributed by atoms with Crippen LogP contribution < -0.4 is 0 Å². The third kappa shape index (κ3) is 1.30. The molecular weight excluding hydrogens is 356 g/mol. The van der Waals surface area contributed by atoms with Crippen LogP contribution in [0.5, 0.6) is 0 Å². The summed E-state index contributed by atoms with van der Waals surface area (Å²) < 4.78 is 5.27. The van der Waals surface area contributed by atoms with Crippen molar-refractivity contribution in [3.8, 4) is 0 Å². The second kappa shape index (κ2) is 3.80. The van der Waals surface area contributed by atoms with E-state index in [1.165, 1.54) is 0 Å². The Hall–Kier alpha value is -0.711. The normalized spacial score (nSPS) is 17.9. The van der Waals surface area contributed by atoms with Crippen molar-refractivity contribution >= 4 is 8.79 Å². The Labute approximate surface area is 84.1 Å². The standard InChI is InChI=1S/C5H5.2C2H5.2CO.Ir/c1-2-4-5-3-1;4*1-2;/h1-3H,4H2;2*1H2,2H3;;;. The van der Waals surface area contributed by atoms with Crippen LogP contribution in [0.15, 0.2) is 22.3 Å². The average molecular weight is 371 g/mol. The van der Waals surface area contributed by atoms with E-state index in [0.717, 1.165) is 10.5 Å². The Morgan fingerprint density at radius 1 is 1.29 bits per heavy atom. The van der Waals surface area contributed by atoms with Gasteiger partial charge in [0.2, 0.25) is 0 Å². The molecule has 2 nitrogen and oxygen atoms in total. The molecule has 0 amide bonds. The number of carbonyl (C=O) groups excluding carboxylic acids is 2. The Balaban J connectivity index is 3.65. The first-order chi connectivity index (χ1) is 6.67. The summed E-state index contributed by atoms with van der Waals surface area (Å²) in [6.07, 6.45) is 6.56. The Bertz CT molecular complexity index is 453. The van der Waals surface area contributed by atoms with Gasteiger partial charge in [0.1, 0.15) is 0 Å². The predicted molar refractivity (Wildman–Crippen MR) is 54.2 cm³/mol. The van der Waals surface area contributed by atoms with Crippen molar-refractivity contribution in [3.05, 3.63) is 22.3 Å². The van der Waals surface area contributed by atoms with Gasteiger partial charge in [-0.1, -0.05) is 0 Å². The van der Waals surface area contributed by atoms with Crippen LogP contribution in [0.2, 0.25) is 9.87 Å². The summed E-state index contributed by atoms with van der Waals surface area (Å²) >= 11 is -3.84.